The SMILES string of the molecule is CCCC(NC(=O)c1ccc(F)c(C(F)(F)F)c1)C(N)=S. The molecule has 0 saturated heterocycles. The van der Waals surface area contributed by atoms with Crippen LogP contribution in [-0.4, -0.2) is 16.9 Å². The third kappa shape index (κ3) is 4.66. The molecule has 1 amide bonds. The molecule has 0 heterocycles. The van der Waals surface area contributed by atoms with E-state index >= 15 is 0 Å². The van der Waals surface area contributed by atoms with E-state index in [4.69, 9.17) is 18.0 Å². The highest BCUT2D eigenvalue weighted by Crippen LogP contribution is 2.31. The Kier molecular flexibility index (Phi) is 5.65. The maximum Gasteiger partial charge on any atom is 0.419 e. The first-order chi connectivity index (χ1) is 9.66. The molecule has 0 aromatic heterocycles. The van der Waals surface area contributed by atoms with Crippen LogP contribution in [0.4, 0.5) is 17.6 Å². The van der Waals surface area contributed by atoms with Crippen molar-refractivity contribution in [2.75, 3.05) is 0 Å². The van der Waals surface area contributed by atoms with E-state index in [1.165, 1.54) is 0 Å². The minimum atomic E-state index is -4.87. The molecule has 0 fully saturated rings. The highest BCUT2D eigenvalue weighted by molar-refractivity contribution is 7.80. The predicted octanol–water partition coefficient (Wildman–Crippen LogP) is 3.03. The molecule has 1 aromatic carbocycles. The summed E-state index contributed by atoms with van der Waals surface area (Å²) in [5.74, 6) is -2.22. The minimum absolute atomic E-state index is 0.0448. The first kappa shape index (κ1) is 17.4. The topological polar surface area (TPSA) is 55.1 Å². The second-order valence-corrected chi connectivity index (χ2v) is 4.88. The van der Waals surface area contributed by atoms with Crippen LogP contribution in [0.1, 0.15) is 35.7 Å². The van der Waals surface area contributed by atoms with Gasteiger partial charge in [0.2, 0.25) is 0 Å². The average Bonchev–Trinajstić information content (AvgIpc) is 2.37. The van der Waals surface area contributed by atoms with Crippen LogP contribution in [0, 0.1) is 5.82 Å². The van der Waals surface area contributed by atoms with Crippen molar-refractivity contribution in [2.45, 2.75) is 32.0 Å². The summed E-state index contributed by atoms with van der Waals surface area (Å²) in [7, 11) is 0. The normalized spacial score (nSPS) is 12.8. The van der Waals surface area contributed by atoms with Crippen molar-refractivity contribution in [2.24, 2.45) is 5.73 Å². The van der Waals surface area contributed by atoms with Crippen molar-refractivity contribution >= 4 is 23.1 Å². The van der Waals surface area contributed by atoms with Gasteiger partial charge >= 0.3 is 6.18 Å². The van der Waals surface area contributed by atoms with Crippen LogP contribution in [0.15, 0.2) is 18.2 Å². The summed E-state index contributed by atoms with van der Waals surface area (Å²) < 4.78 is 50.9. The number of hydrogen-bond donors (Lipinski definition) is 2. The lowest BCUT2D eigenvalue weighted by Gasteiger charge is -2.17. The van der Waals surface area contributed by atoms with E-state index in [2.05, 4.69) is 5.32 Å². The van der Waals surface area contributed by atoms with Crippen LogP contribution >= 0.6 is 12.2 Å². The van der Waals surface area contributed by atoms with E-state index in [1.807, 2.05) is 6.92 Å². The molecule has 0 aliphatic heterocycles. The molecule has 0 bridgehead atoms. The molecule has 1 aromatic rings. The number of rotatable bonds is 5. The molecule has 1 atom stereocenters. The van der Waals surface area contributed by atoms with Gasteiger partial charge in [0.25, 0.3) is 5.91 Å². The number of alkyl halides is 3. The number of nitrogens with two attached hydrogens (primary N) is 1. The zero-order valence-corrected chi connectivity index (χ0v) is 11.9. The molecular formula is C13H14F4N2OS. The van der Waals surface area contributed by atoms with Crippen molar-refractivity contribution in [3.05, 3.63) is 35.1 Å². The number of nitrogens with one attached hydrogen (secondary N) is 1. The standard InChI is InChI=1S/C13H14F4N2OS/c1-2-3-10(11(18)21)19-12(20)7-4-5-9(14)8(6-7)13(15,16)17/h4-6,10H,2-3H2,1H3,(H2,18,21)(H,19,20). The predicted molar refractivity (Wildman–Crippen MR) is 74.3 cm³/mol. The lowest BCUT2D eigenvalue weighted by atomic mass is 10.1. The van der Waals surface area contributed by atoms with Crippen molar-refractivity contribution in [3.8, 4) is 0 Å². The third-order valence-electron chi connectivity index (χ3n) is 2.76. The number of halogens is 4. The quantitative estimate of drug-likeness (QED) is 0.647. The second-order valence-electron chi connectivity index (χ2n) is 4.41. The summed E-state index contributed by atoms with van der Waals surface area (Å²) >= 11 is 4.78. The second kappa shape index (κ2) is 6.84. The van der Waals surface area contributed by atoms with Crippen LogP contribution in [0.25, 0.3) is 0 Å². The Bertz CT molecular complexity index is 545. The Hall–Kier alpha value is -1.70. The lowest BCUT2D eigenvalue weighted by Crippen LogP contribution is -2.43. The largest absolute Gasteiger partial charge is 0.419 e. The molecule has 0 aliphatic carbocycles. The Morgan fingerprint density at radius 2 is 2.05 bits per heavy atom. The molecule has 0 spiro atoms. The van der Waals surface area contributed by atoms with Gasteiger partial charge in [-0.05, 0) is 24.6 Å². The van der Waals surface area contributed by atoms with E-state index in [0.717, 1.165) is 6.07 Å². The number of amides is 1. The fourth-order valence-corrected chi connectivity index (χ4v) is 1.88. The Morgan fingerprint density at radius 1 is 1.43 bits per heavy atom. The Balaban J connectivity index is 3.00. The van der Waals surface area contributed by atoms with Gasteiger partial charge in [-0.1, -0.05) is 25.6 Å². The Labute approximate surface area is 124 Å². The summed E-state index contributed by atoms with van der Waals surface area (Å²) in [6.45, 7) is 1.84. The minimum Gasteiger partial charge on any atom is -0.392 e. The van der Waals surface area contributed by atoms with Gasteiger partial charge in [-0.15, -0.1) is 0 Å². The molecule has 8 heteroatoms. The van der Waals surface area contributed by atoms with Crippen LogP contribution in [-0.2, 0) is 6.18 Å². The molecular weight excluding hydrogens is 308 g/mol. The zero-order chi connectivity index (χ0) is 16.2. The highest BCUT2D eigenvalue weighted by atomic mass is 32.1. The van der Waals surface area contributed by atoms with Gasteiger partial charge in [0.15, 0.2) is 0 Å². The van der Waals surface area contributed by atoms with Gasteiger partial charge in [-0.25, -0.2) is 4.39 Å². The van der Waals surface area contributed by atoms with Crippen LogP contribution in [0.3, 0.4) is 0 Å². The van der Waals surface area contributed by atoms with Crippen LogP contribution in [0.5, 0.6) is 0 Å². The maximum atomic E-state index is 13.1. The molecule has 0 radical (unpaired) electrons. The lowest BCUT2D eigenvalue weighted by molar-refractivity contribution is -0.140. The summed E-state index contributed by atoms with van der Waals surface area (Å²) in [5, 5.41) is 2.44. The number of thiocarbonyl (C=S) groups is 1. The first-order valence-electron chi connectivity index (χ1n) is 6.13. The summed E-state index contributed by atoms with van der Waals surface area (Å²) in [4.78, 5) is 12.0. The Morgan fingerprint density at radius 3 is 2.52 bits per heavy atom. The van der Waals surface area contributed by atoms with E-state index in [-0.39, 0.29) is 10.6 Å². The smallest absolute Gasteiger partial charge is 0.392 e. The summed E-state index contributed by atoms with van der Waals surface area (Å²) in [5.41, 5.74) is 3.66. The van der Waals surface area contributed by atoms with Crippen molar-refractivity contribution in [1.29, 1.82) is 0 Å². The number of carbonyl (C=O) groups excluding carboxylic acids is 1. The molecule has 116 valence electrons. The molecule has 21 heavy (non-hydrogen) atoms. The van der Waals surface area contributed by atoms with E-state index in [1.54, 1.807) is 0 Å². The fraction of sp³-hybridized carbons (Fsp3) is 0.385. The third-order valence-corrected chi connectivity index (χ3v) is 3.04. The number of carbonyl (C=O) groups is 1. The average molecular weight is 322 g/mol. The van der Waals surface area contributed by atoms with Gasteiger partial charge in [0.05, 0.1) is 16.6 Å². The number of hydrogen-bond acceptors (Lipinski definition) is 2. The molecule has 1 unspecified atom stereocenters. The molecule has 0 saturated carbocycles. The fourth-order valence-electron chi connectivity index (χ4n) is 1.70. The monoisotopic (exact) mass is 322 g/mol. The van der Waals surface area contributed by atoms with Gasteiger partial charge in [0.1, 0.15) is 5.82 Å². The zero-order valence-electron chi connectivity index (χ0n) is 11.1. The van der Waals surface area contributed by atoms with Crippen molar-refractivity contribution in [3.63, 3.8) is 0 Å². The van der Waals surface area contributed by atoms with Crippen molar-refractivity contribution in [1.82, 2.24) is 5.32 Å². The van der Waals surface area contributed by atoms with Gasteiger partial charge < -0.3 is 11.1 Å². The van der Waals surface area contributed by atoms with Crippen LogP contribution < -0.4 is 11.1 Å². The van der Waals surface area contributed by atoms with Gasteiger partial charge in [-0.3, -0.25) is 4.79 Å². The molecule has 0 aliphatic rings. The van der Waals surface area contributed by atoms with E-state index in [0.29, 0.717) is 25.0 Å². The first-order valence-corrected chi connectivity index (χ1v) is 6.54. The van der Waals surface area contributed by atoms with Crippen LogP contribution in [0.2, 0.25) is 0 Å². The molecule has 1 rings (SSSR count). The molecule has 3 N–H and O–H groups in total. The van der Waals surface area contributed by atoms with Gasteiger partial charge in [0, 0.05) is 5.56 Å². The van der Waals surface area contributed by atoms with E-state index < -0.39 is 29.5 Å². The van der Waals surface area contributed by atoms with Gasteiger partial charge in [-0.2, -0.15) is 13.2 Å². The number of benzene rings is 1. The highest BCUT2D eigenvalue weighted by Gasteiger charge is 2.34. The molecule has 3 nitrogen and oxygen atoms in total. The maximum absolute atomic E-state index is 13.1. The summed E-state index contributed by atoms with van der Waals surface area (Å²) in [6.07, 6.45) is -3.72. The van der Waals surface area contributed by atoms with Crippen molar-refractivity contribution < 1.29 is 22.4 Å². The summed E-state index contributed by atoms with van der Waals surface area (Å²) in [6, 6.07) is 1.43. The van der Waals surface area contributed by atoms with E-state index in [9.17, 15) is 22.4 Å².